The topological polar surface area (TPSA) is 58.4 Å². The molecule has 2 fully saturated rings. The number of amides is 1. The third kappa shape index (κ3) is 4.23. The van der Waals surface area contributed by atoms with Crippen LogP contribution >= 0.6 is 0 Å². The molecule has 1 amide bonds. The van der Waals surface area contributed by atoms with E-state index in [1.165, 1.54) is 12.8 Å². The first kappa shape index (κ1) is 17.7. The lowest BCUT2D eigenvalue weighted by Gasteiger charge is -2.45. The Morgan fingerprint density at radius 1 is 1.18 bits per heavy atom. The molecule has 1 saturated carbocycles. The van der Waals surface area contributed by atoms with Crippen LogP contribution in [-0.2, 0) is 4.79 Å². The second-order valence-electron chi connectivity index (χ2n) is 8.56. The second-order valence-corrected chi connectivity index (χ2v) is 8.56. The number of likely N-dealkylation sites (tertiary alicyclic amines) is 1. The van der Waals surface area contributed by atoms with Crippen LogP contribution in [0.3, 0.4) is 0 Å². The molecule has 0 aromatic rings. The highest BCUT2D eigenvalue weighted by Crippen LogP contribution is 2.28. The zero-order valence-corrected chi connectivity index (χ0v) is 15.0. The number of carbonyl (C=O) groups is 1. The first-order chi connectivity index (χ1) is 10.2. The van der Waals surface area contributed by atoms with Gasteiger partial charge < -0.3 is 11.1 Å². The monoisotopic (exact) mass is 309 g/mol. The number of nitrogens with one attached hydrogen (secondary N) is 1. The van der Waals surface area contributed by atoms with Gasteiger partial charge in [-0.15, -0.1) is 0 Å². The Hall–Kier alpha value is -0.610. The van der Waals surface area contributed by atoms with Gasteiger partial charge in [0.2, 0.25) is 5.91 Å². The average molecular weight is 309 g/mol. The standard InChI is InChI=1S/C18H35N3O/c1-14-10-15(2)12-21(11-14)17(3,4)13-20-16(22)18(19)8-6-5-7-9-18/h14-15H,5-13,19H2,1-4H3,(H,20,22). The van der Waals surface area contributed by atoms with Crippen molar-refractivity contribution in [1.29, 1.82) is 0 Å². The lowest BCUT2D eigenvalue weighted by molar-refractivity contribution is -0.128. The third-order valence-corrected chi connectivity index (χ3v) is 5.60. The van der Waals surface area contributed by atoms with E-state index < -0.39 is 5.54 Å². The van der Waals surface area contributed by atoms with E-state index in [4.69, 9.17) is 5.73 Å². The maximum Gasteiger partial charge on any atom is 0.240 e. The van der Waals surface area contributed by atoms with Crippen LogP contribution in [0.5, 0.6) is 0 Å². The predicted molar refractivity (Wildman–Crippen MR) is 91.6 cm³/mol. The minimum Gasteiger partial charge on any atom is -0.353 e. The molecule has 0 bridgehead atoms. The molecule has 1 saturated heterocycles. The molecular weight excluding hydrogens is 274 g/mol. The van der Waals surface area contributed by atoms with E-state index in [0.29, 0.717) is 6.54 Å². The van der Waals surface area contributed by atoms with Gasteiger partial charge in [0, 0.05) is 25.2 Å². The van der Waals surface area contributed by atoms with Crippen LogP contribution in [-0.4, -0.2) is 41.5 Å². The van der Waals surface area contributed by atoms with Crippen molar-refractivity contribution in [3.05, 3.63) is 0 Å². The number of carbonyl (C=O) groups excluding carboxylic acids is 1. The average Bonchev–Trinajstić information content (AvgIpc) is 2.44. The zero-order valence-electron chi connectivity index (χ0n) is 15.0. The smallest absolute Gasteiger partial charge is 0.240 e. The second kappa shape index (κ2) is 6.88. The SMILES string of the molecule is CC1CC(C)CN(C(C)(C)CNC(=O)C2(N)CCCCC2)C1. The highest BCUT2D eigenvalue weighted by atomic mass is 16.2. The van der Waals surface area contributed by atoms with E-state index in [9.17, 15) is 4.79 Å². The van der Waals surface area contributed by atoms with E-state index in [0.717, 1.165) is 50.6 Å². The Labute approximate surface area is 136 Å². The molecule has 2 atom stereocenters. The Bertz CT molecular complexity index is 378. The van der Waals surface area contributed by atoms with Gasteiger partial charge >= 0.3 is 0 Å². The lowest BCUT2D eigenvalue weighted by Crippen LogP contribution is -2.60. The first-order valence-electron chi connectivity index (χ1n) is 9.05. The van der Waals surface area contributed by atoms with Crippen LogP contribution in [0, 0.1) is 11.8 Å². The molecule has 4 nitrogen and oxygen atoms in total. The van der Waals surface area contributed by atoms with Crippen LogP contribution in [0.2, 0.25) is 0 Å². The van der Waals surface area contributed by atoms with Gasteiger partial charge in [0.25, 0.3) is 0 Å². The van der Waals surface area contributed by atoms with Crippen molar-refractivity contribution in [1.82, 2.24) is 10.2 Å². The summed E-state index contributed by atoms with van der Waals surface area (Å²) in [5.74, 6) is 1.52. The van der Waals surface area contributed by atoms with Gasteiger partial charge in [-0.2, -0.15) is 0 Å². The summed E-state index contributed by atoms with van der Waals surface area (Å²) in [6.07, 6.45) is 6.34. The molecule has 128 valence electrons. The van der Waals surface area contributed by atoms with Crippen LogP contribution < -0.4 is 11.1 Å². The Morgan fingerprint density at radius 2 is 1.73 bits per heavy atom. The van der Waals surface area contributed by atoms with Crippen LogP contribution in [0.4, 0.5) is 0 Å². The van der Waals surface area contributed by atoms with Gasteiger partial charge in [0.15, 0.2) is 0 Å². The molecule has 22 heavy (non-hydrogen) atoms. The van der Waals surface area contributed by atoms with Crippen molar-refractivity contribution in [2.24, 2.45) is 17.6 Å². The Balaban J connectivity index is 1.90. The summed E-state index contributed by atoms with van der Waals surface area (Å²) >= 11 is 0. The summed E-state index contributed by atoms with van der Waals surface area (Å²) in [7, 11) is 0. The fraction of sp³-hybridized carbons (Fsp3) is 0.944. The van der Waals surface area contributed by atoms with Gasteiger partial charge in [-0.1, -0.05) is 33.1 Å². The Morgan fingerprint density at radius 3 is 2.27 bits per heavy atom. The van der Waals surface area contributed by atoms with Gasteiger partial charge in [-0.05, 0) is 44.9 Å². The normalized spacial score (nSPS) is 30.0. The lowest BCUT2D eigenvalue weighted by atomic mass is 9.81. The minimum atomic E-state index is -0.628. The van der Waals surface area contributed by atoms with E-state index in [1.807, 2.05) is 0 Å². The molecule has 0 aromatic carbocycles. The fourth-order valence-corrected chi connectivity index (χ4v) is 4.15. The molecule has 2 unspecified atom stereocenters. The van der Waals surface area contributed by atoms with E-state index >= 15 is 0 Å². The minimum absolute atomic E-state index is 0.0103. The molecule has 1 heterocycles. The summed E-state index contributed by atoms with van der Waals surface area (Å²) in [5, 5.41) is 3.15. The summed E-state index contributed by atoms with van der Waals surface area (Å²) in [6, 6.07) is 0. The molecule has 3 N–H and O–H groups in total. The third-order valence-electron chi connectivity index (χ3n) is 5.60. The van der Waals surface area contributed by atoms with Crippen molar-refractivity contribution in [3.8, 4) is 0 Å². The molecule has 0 spiro atoms. The quantitative estimate of drug-likeness (QED) is 0.839. The van der Waals surface area contributed by atoms with Gasteiger partial charge in [-0.25, -0.2) is 0 Å². The van der Waals surface area contributed by atoms with Crippen molar-refractivity contribution in [3.63, 3.8) is 0 Å². The predicted octanol–water partition coefficient (Wildman–Crippen LogP) is 2.52. The van der Waals surface area contributed by atoms with Crippen molar-refractivity contribution in [2.45, 2.75) is 77.3 Å². The molecule has 2 rings (SSSR count). The number of nitrogens with two attached hydrogens (primary N) is 1. The van der Waals surface area contributed by atoms with Crippen molar-refractivity contribution >= 4 is 5.91 Å². The Kier molecular flexibility index (Phi) is 5.54. The molecule has 0 aromatic heterocycles. The van der Waals surface area contributed by atoms with Gasteiger partial charge in [0.05, 0.1) is 5.54 Å². The summed E-state index contributed by atoms with van der Waals surface area (Å²) in [4.78, 5) is 15.1. The first-order valence-corrected chi connectivity index (χ1v) is 9.05. The summed E-state index contributed by atoms with van der Waals surface area (Å²) in [5.41, 5.74) is 5.69. The largest absolute Gasteiger partial charge is 0.353 e. The molecular formula is C18H35N3O. The number of piperidine rings is 1. The molecule has 4 heteroatoms. The number of hydrogen-bond acceptors (Lipinski definition) is 3. The maximum atomic E-state index is 12.5. The van der Waals surface area contributed by atoms with Crippen LogP contribution in [0.25, 0.3) is 0 Å². The summed E-state index contributed by atoms with van der Waals surface area (Å²) in [6.45, 7) is 12.1. The molecule has 0 radical (unpaired) electrons. The number of rotatable bonds is 4. The fourth-order valence-electron chi connectivity index (χ4n) is 4.15. The molecule has 1 aliphatic heterocycles. The number of hydrogen-bond donors (Lipinski definition) is 2. The molecule has 1 aliphatic carbocycles. The zero-order chi connectivity index (χ0) is 16.4. The maximum absolute atomic E-state index is 12.5. The van der Waals surface area contributed by atoms with Crippen LogP contribution in [0.15, 0.2) is 0 Å². The molecule has 2 aliphatic rings. The van der Waals surface area contributed by atoms with Crippen LogP contribution in [0.1, 0.15) is 66.2 Å². The van der Waals surface area contributed by atoms with Gasteiger partial charge in [0.1, 0.15) is 0 Å². The highest BCUT2D eigenvalue weighted by molar-refractivity contribution is 5.86. The van der Waals surface area contributed by atoms with Crippen molar-refractivity contribution in [2.75, 3.05) is 19.6 Å². The highest BCUT2D eigenvalue weighted by Gasteiger charge is 2.37. The summed E-state index contributed by atoms with van der Waals surface area (Å²) < 4.78 is 0. The van der Waals surface area contributed by atoms with Gasteiger partial charge in [-0.3, -0.25) is 9.69 Å². The van der Waals surface area contributed by atoms with Crippen molar-refractivity contribution < 1.29 is 4.79 Å². The van der Waals surface area contributed by atoms with E-state index in [-0.39, 0.29) is 11.4 Å². The van der Waals surface area contributed by atoms with E-state index in [1.54, 1.807) is 0 Å². The number of nitrogens with zero attached hydrogens (tertiary/aromatic N) is 1. The van der Waals surface area contributed by atoms with E-state index in [2.05, 4.69) is 37.9 Å².